The molecule has 2 heterocycles. The molecule has 2 N–H and O–H groups in total. The predicted octanol–water partition coefficient (Wildman–Crippen LogP) is 3.86. The lowest BCUT2D eigenvalue weighted by Crippen LogP contribution is -2.25. The lowest BCUT2D eigenvalue weighted by molar-refractivity contribution is 0.0951. The van der Waals surface area contributed by atoms with Crippen LogP contribution >= 0.6 is 15.9 Å². The molecule has 2 aromatic heterocycles. The van der Waals surface area contributed by atoms with Gasteiger partial charge in [-0.25, -0.2) is 0 Å². The Labute approximate surface area is 152 Å². The highest BCUT2D eigenvalue weighted by atomic mass is 79.9. The summed E-state index contributed by atoms with van der Waals surface area (Å²) in [6.07, 6.45) is 2.21. The summed E-state index contributed by atoms with van der Waals surface area (Å²) in [5, 5.41) is 5.51. The second-order valence-electron chi connectivity index (χ2n) is 5.22. The maximum atomic E-state index is 12.2. The summed E-state index contributed by atoms with van der Waals surface area (Å²) in [6, 6.07) is 13.6. The normalized spacial score (nSPS) is 10.4. The summed E-state index contributed by atoms with van der Waals surface area (Å²) >= 11 is 3.15. The molecule has 0 aliphatic rings. The van der Waals surface area contributed by atoms with Gasteiger partial charge < -0.3 is 19.5 Å². The molecule has 0 bridgehead atoms. The van der Waals surface area contributed by atoms with E-state index in [-0.39, 0.29) is 17.6 Å². The van der Waals surface area contributed by atoms with Gasteiger partial charge in [0.25, 0.3) is 11.8 Å². The van der Waals surface area contributed by atoms with Crippen molar-refractivity contribution in [2.75, 3.05) is 11.9 Å². The Kier molecular flexibility index (Phi) is 5.35. The fraction of sp³-hybridized carbons (Fsp3) is 0.111. The Balaban J connectivity index is 1.58. The third-order valence-corrected chi connectivity index (χ3v) is 3.84. The Bertz CT molecular complexity index is 871. The molecule has 3 rings (SSSR count). The van der Waals surface area contributed by atoms with Crippen molar-refractivity contribution in [3.8, 4) is 0 Å². The van der Waals surface area contributed by atoms with E-state index in [0.29, 0.717) is 28.9 Å². The van der Waals surface area contributed by atoms with Crippen LogP contribution in [0.3, 0.4) is 0 Å². The molecule has 1 aromatic carbocycles. The van der Waals surface area contributed by atoms with Crippen molar-refractivity contribution in [3.05, 3.63) is 76.5 Å². The van der Waals surface area contributed by atoms with Gasteiger partial charge in [0.15, 0.2) is 10.4 Å². The molecule has 7 heteroatoms. The molecule has 0 aliphatic heterocycles. The van der Waals surface area contributed by atoms with Gasteiger partial charge in [-0.3, -0.25) is 9.59 Å². The van der Waals surface area contributed by atoms with Crippen molar-refractivity contribution in [1.82, 2.24) is 5.32 Å². The number of hydrogen-bond donors (Lipinski definition) is 2. The molecule has 0 radical (unpaired) electrons. The van der Waals surface area contributed by atoms with Crippen LogP contribution in [0.4, 0.5) is 5.69 Å². The van der Waals surface area contributed by atoms with Crippen LogP contribution in [0.1, 0.15) is 26.7 Å². The summed E-state index contributed by atoms with van der Waals surface area (Å²) in [5.74, 6) is 0.385. The van der Waals surface area contributed by atoms with E-state index < -0.39 is 0 Å². The minimum absolute atomic E-state index is 0.181. The fourth-order valence-corrected chi connectivity index (χ4v) is 2.53. The van der Waals surface area contributed by atoms with E-state index >= 15 is 0 Å². The molecular formula is C18H15BrN2O4. The second kappa shape index (κ2) is 7.85. The SMILES string of the molecule is O=C(NCCc1ccco1)c1cccc(NC(=O)c2ccc(Br)o2)c1. The highest BCUT2D eigenvalue weighted by molar-refractivity contribution is 9.10. The first kappa shape index (κ1) is 17.0. The summed E-state index contributed by atoms with van der Waals surface area (Å²) in [7, 11) is 0. The maximum Gasteiger partial charge on any atom is 0.291 e. The molecule has 0 unspecified atom stereocenters. The quantitative estimate of drug-likeness (QED) is 0.655. The number of nitrogens with one attached hydrogen (secondary N) is 2. The zero-order valence-corrected chi connectivity index (χ0v) is 14.7. The van der Waals surface area contributed by atoms with Crippen LogP contribution in [0.25, 0.3) is 0 Å². The molecule has 25 heavy (non-hydrogen) atoms. The van der Waals surface area contributed by atoms with Gasteiger partial charge in [-0.15, -0.1) is 0 Å². The lowest BCUT2D eigenvalue weighted by Gasteiger charge is -2.07. The van der Waals surface area contributed by atoms with Crippen LogP contribution in [-0.4, -0.2) is 18.4 Å². The number of rotatable bonds is 6. The zero-order valence-electron chi connectivity index (χ0n) is 13.1. The fourth-order valence-electron chi connectivity index (χ4n) is 2.22. The molecule has 2 amide bonds. The van der Waals surface area contributed by atoms with Crippen molar-refractivity contribution in [3.63, 3.8) is 0 Å². The summed E-state index contributed by atoms with van der Waals surface area (Å²) < 4.78 is 10.9. The minimum atomic E-state index is -0.388. The number of benzene rings is 1. The van der Waals surface area contributed by atoms with Gasteiger partial charge in [0.2, 0.25) is 0 Å². The standard InChI is InChI=1S/C18H15BrN2O4/c19-16-7-6-15(25-16)18(23)21-13-4-1-3-12(11-13)17(22)20-9-8-14-5-2-10-24-14/h1-7,10-11H,8-9H2,(H,20,22)(H,21,23). The van der Waals surface area contributed by atoms with E-state index in [0.717, 1.165) is 5.76 Å². The molecular weight excluding hydrogens is 388 g/mol. The zero-order chi connectivity index (χ0) is 17.6. The van der Waals surface area contributed by atoms with Crippen molar-refractivity contribution in [2.45, 2.75) is 6.42 Å². The van der Waals surface area contributed by atoms with E-state index in [2.05, 4.69) is 26.6 Å². The van der Waals surface area contributed by atoms with E-state index in [1.165, 1.54) is 0 Å². The van der Waals surface area contributed by atoms with Gasteiger partial charge in [0, 0.05) is 24.2 Å². The number of furan rings is 2. The summed E-state index contributed by atoms with van der Waals surface area (Å²) in [4.78, 5) is 24.3. The average molecular weight is 403 g/mol. The third-order valence-electron chi connectivity index (χ3n) is 3.42. The molecule has 0 saturated carbocycles. The van der Waals surface area contributed by atoms with Crippen molar-refractivity contribution in [2.24, 2.45) is 0 Å². The molecule has 128 valence electrons. The minimum Gasteiger partial charge on any atom is -0.469 e. The van der Waals surface area contributed by atoms with E-state index in [4.69, 9.17) is 8.83 Å². The molecule has 0 atom stereocenters. The van der Waals surface area contributed by atoms with E-state index in [9.17, 15) is 9.59 Å². The van der Waals surface area contributed by atoms with Crippen molar-refractivity contribution in [1.29, 1.82) is 0 Å². The van der Waals surface area contributed by atoms with Crippen LogP contribution in [0, 0.1) is 0 Å². The Morgan fingerprint density at radius 3 is 2.64 bits per heavy atom. The summed E-state index contributed by atoms with van der Waals surface area (Å²) in [6.45, 7) is 0.462. The number of halogens is 1. The highest BCUT2D eigenvalue weighted by Crippen LogP contribution is 2.17. The first-order valence-electron chi connectivity index (χ1n) is 7.59. The van der Waals surface area contributed by atoms with Gasteiger partial charge in [0.05, 0.1) is 6.26 Å². The van der Waals surface area contributed by atoms with Crippen molar-refractivity contribution >= 4 is 33.4 Å². The average Bonchev–Trinajstić information content (AvgIpc) is 3.26. The first-order chi connectivity index (χ1) is 12.1. The largest absolute Gasteiger partial charge is 0.469 e. The van der Waals surface area contributed by atoms with Crippen molar-refractivity contribution < 1.29 is 18.4 Å². The summed E-state index contributed by atoms with van der Waals surface area (Å²) in [5.41, 5.74) is 0.967. The van der Waals surface area contributed by atoms with Crippen LogP contribution < -0.4 is 10.6 Å². The Hall–Kier alpha value is -2.80. The molecule has 0 fully saturated rings. The smallest absolute Gasteiger partial charge is 0.291 e. The lowest BCUT2D eigenvalue weighted by atomic mass is 10.2. The maximum absolute atomic E-state index is 12.2. The number of amides is 2. The Morgan fingerprint density at radius 1 is 1.04 bits per heavy atom. The molecule has 3 aromatic rings. The number of carbonyl (C=O) groups excluding carboxylic acids is 2. The van der Waals surface area contributed by atoms with E-state index in [1.54, 1.807) is 48.7 Å². The van der Waals surface area contributed by atoms with Crippen LogP contribution in [0.15, 0.2) is 68.3 Å². The highest BCUT2D eigenvalue weighted by Gasteiger charge is 2.12. The molecule has 0 saturated heterocycles. The van der Waals surface area contributed by atoms with Gasteiger partial charge in [-0.05, 0) is 58.4 Å². The first-order valence-corrected chi connectivity index (χ1v) is 8.38. The number of anilines is 1. The topological polar surface area (TPSA) is 84.5 Å². The molecule has 6 nitrogen and oxygen atoms in total. The van der Waals surface area contributed by atoms with Gasteiger partial charge >= 0.3 is 0 Å². The van der Waals surface area contributed by atoms with E-state index in [1.807, 2.05) is 6.07 Å². The third kappa shape index (κ3) is 4.60. The second-order valence-corrected chi connectivity index (χ2v) is 6.01. The van der Waals surface area contributed by atoms with Crippen LogP contribution in [0.2, 0.25) is 0 Å². The number of hydrogen-bond acceptors (Lipinski definition) is 4. The Morgan fingerprint density at radius 2 is 1.92 bits per heavy atom. The van der Waals surface area contributed by atoms with Gasteiger partial charge in [-0.1, -0.05) is 6.07 Å². The molecule has 0 aliphatic carbocycles. The van der Waals surface area contributed by atoms with Gasteiger partial charge in [-0.2, -0.15) is 0 Å². The molecule has 0 spiro atoms. The number of carbonyl (C=O) groups is 2. The van der Waals surface area contributed by atoms with Crippen LogP contribution in [0.5, 0.6) is 0 Å². The predicted molar refractivity (Wildman–Crippen MR) is 95.5 cm³/mol. The van der Waals surface area contributed by atoms with Crippen LogP contribution in [-0.2, 0) is 6.42 Å². The monoisotopic (exact) mass is 402 g/mol. The van der Waals surface area contributed by atoms with Gasteiger partial charge in [0.1, 0.15) is 5.76 Å².